The van der Waals surface area contributed by atoms with Crippen LogP contribution < -0.4 is 5.32 Å². The molecule has 3 nitrogen and oxygen atoms in total. The van der Waals surface area contributed by atoms with Gasteiger partial charge in [-0.05, 0) is 68.6 Å². The quantitative estimate of drug-likeness (QED) is 0.634. The summed E-state index contributed by atoms with van der Waals surface area (Å²) in [6.07, 6.45) is 13.0. The van der Waals surface area contributed by atoms with Gasteiger partial charge in [0, 0.05) is 26.2 Å². The Kier molecular flexibility index (Phi) is 3.42. The molecule has 21 heavy (non-hydrogen) atoms. The maximum absolute atomic E-state index is 5.11. The van der Waals surface area contributed by atoms with E-state index in [9.17, 15) is 0 Å². The van der Waals surface area contributed by atoms with E-state index in [0.717, 1.165) is 19.0 Å². The highest BCUT2D eigenvalue weighted by Gasteiger charge is 2.49. The van der Waals surface area contributed by atoms with Crippen LogP contribution in [0.4, 0.5) is 0 Å². The summed E-state index contributed by atoms with van der Waals surface area (Å²) in [5, 5.41) is 3.57. The monoisotopic (exact) mass is 289 g/mol. The molecule has 3 saturated carbocycles. The van der Waals surface area contributed by atoms with Crippen molar-refractivity contribution < 1.29 is 0 Å². The molecule has 0 unspecified atom stereocenters. The summed E-state index contributed by atoms with van der Waals surface area (Å²) in [5.74, 6) is 2.22. The van der Waals surface area contributed by atoms with Crippen LogP contribution >= 0.6 is 0 Å². The molecule has 1 saturated heterocycles. The van der Waals surface area contributed by atoms with Gasteiger partial charge in [0.25, 0.3) is 0 Å². The van der Waals surface area contributed by atoms with Gasteiger partial charge in [0.2, 0.25) is 0 Å². The zero-order chi connectivity index (χ0) is 14.3. The average molecular weight is 289 g/mol. The zero-order valence-corrected chi connectivity index (χ0v) is 13.7. The number of aliphatic imine (C=N–C) groups is 1. The van der Waals surface area contributed by atoms with Crippen LogP contribution in [0.5, 0.6) is 0 Å². The third kappa shape index (κ3) is 2.47. The number of rotatable bonds is 4. The van der Waals surface area contributed by atoms with Crippen LogP contribution in [0.2, 0.25) is 0 Å². The maximum Gasteiger partial charge on any atom is 0.193 e. The Morgan fingerprint density at radius 2 is 1.90 bits per heavy atom. The van der Waals surface area contributed by atoms with Crippen LogP contribution in [-0.2, 0) is 0 Å². The van der Waals surface area contributed by atoms with Gasteiger partial charge in [-0.25, -0.2) is 0 Å². The molecule has 0 amide bonds. The zero-order valence-electron chi connectivity index (χ0n) is 13.7. The van der Waals surface area contributed by atoms with E-state index in [4.69, 9.17) is 4.99 Å². The van der Waals surface area contributed by atoms with E-state index in [1.807, 2.05) is 0 Å². The molecule has 0 aromatic rings. The molecule has 0 radical (unpaired) electrons. The number of nitrogens with zero attached hydrogens (tertiary/aromatic N) is 2. The fourth-order valence-corrected chi connectivity index (χ4v) is 4.88. The van der Waals surface area contributed by atoms with Crippen LogP contribution in [0.15, 0.2) is 4.99 Å². The smallest absolute Gasteiger partial charge is 0.193 e. The molecule has 4 aliphatic rings. The molecule has 4 rings (SSSR count). The molecular weight excluding hydrogens is 258 g/mol. The van der Waals surface area contributed by atoms with Crippen LogP contribution in [0, 0.1) is 16.7 Å². The molecule has 4 fully saturated rings. The first-order valence-corrected chi connectivity index (χ1v) is 9.29. The van der Waals surface area contributed by atoms with Crippen molar-refractivity contribution in [2.24, 2.45) is 21.7 Å². The van der Waals surface area contributed by atoms with Gasteiger partial charge < -0.3 is 10.2 Å². The van der Waals surface area contributed by atoms with Crippen molar-refractivity contribution in [1.29, 1.82) is 0 Å². The lowest BCUT2D eigenvalue weighted by molar-refractivity contribution is 0.112. The van der Waals surface area contributed by atoms with Gasteiger partial charge in [-0.2, -0.15) is 0 Å². The summed E-state index contributed by atoms with van der Waals surface area (Å²) in [6, 6.07) is 0. The van der Waals surface area contributed by atoms with E-state index >= 15 is 0 Å². The second-order valence-corrected chi connectivity index (χ2v) is 8.19. The van der Waals surface area contributed by atoms with Crippen molar-refractivity contribution in [1.82, 2.24) is 10.2 Å². The predicted octanol–water partition coefficient (Wildman–Crippen LogP) is 3.41. The lowest BCUT2D eigenvalue weighted by atomic mass is 9.65. The molecular formula is C18H31N3. The third-order valence-electron chi connectivity index (χ3n) is 6.82. The summed E-state index contributed by atoms with van der Waals surface area (Å²) in [6.45, 7) is 6.77. The molecule has 1 heterocycles. The van der Waals surface area contributed by atoms with Crippen molar-refractivity contribution in [2.75, 3.05) is 26.2 Å². The van der Waals surface area contributed by atoms with Gasteiger partial charge in [-0.1, -0.05) is 12.8 Å². The SMILES string of the molecule is CCNC(=NCC1(C2CC2)CCC1)N1CCC2(CCC2)C1. The van der Waals surface area contributed by atoms with Crippen molar-refractivity contribution >= 4 is 5.96 Å². The van der Waals surface area contributed by atoms with Crippen molar-refractivity contribution in [2.45, 2.75) is 64.7 Å². The van der Waals surface area contributed by atoms with E-state index in [-0.39, 0.29) is 0 Å². The molecule has 1 N–H and O–H groups in total. The number of guanidine groups is 1. The molecule has 1 spiro atoms. The number of hydrogen-bond donors (Lipinski definition) is 1. The number of hydrogen-bond acceptors (Lipinski definition) is 1. The minimum absolute atomic E-state index is 0.606. The second kappa shape index (κ2) is 5.17. The Morgan fingerprint density at radius 3 is 2.38 bits per heavy atom. The maximum atomic E-state index is 5.11. The topological polar surface area (TPSA) is 27.6 Å². The highest BCUT2D eigenvalue weighted by Crippen LogP contribution is 2.57. The first-order valence-electron chi connectivity index (χ1n) is 9.29. The molecule has 3 aliphatic carbocycles. The van der Waals surface area contributed by atoms with E-state index in [1.165, 1.54) is 76.8 Å². The summed E-state index contributed by atoms with van der Waals surface area (Å²) in [5.41, 5.74) is 1.27. The fourth-order valence-electron chi connectivity index (χ4n) is 4.88. The van der Waals surface area contributed by atoms with Crippen LogP contribution in [0.1, 0.15) is 64.7 Å². The second-order valence-electron chi connectivity index (χ2n) is 8.19. The highest BCUT2D eigenvalue weighted by atomic mass is 15.3. The first-order chi connectivity index (χ1) is 10.3. The Balaban J connectivity index is 1.42. The molecule has 1 aliphatic heterocycles. The van der Waals surface area contributed by atoms with E-state index in [1.54, 1.807) is 0 Å². The summed E-state index contributed by atoms with van der Waals surface area (Å²) in [7, 11) is 0. The van der Waals surface area contributed by atoms with Crippen LogP contribution in [0.3, 0.4) is 0 Å². The third-order valence-corrected chi connectivity index (χ3v) is 6.82. The Bertz CT molecular complexity index is 416. The van der Waals surface area contributed by atoms with Gasteiger partial charge in [0.05, 0.1) is 0 Å². The minimum Gasteiger partial charge on any atom is -0.357 e. The first kappa shape index (κ1) is 13.9. The van der Waals surface area contributed by atoms with Crippen molar-refractivity contribution in [3.63, 3.8) is 0 Å². The molecule has 0 atom stereocenters. The molecule has 0 aromatic heterocycles. The lowest BCUT2D eigenvalue weighted by Gasteiger charge is -2.42. The molecule has 0 bridgehead atoms. The van der Waals surface area contributed by atoms with Crippen LogP contribution in [0.25, 0.3) is 0 Å². The average Bonchev–Trinajstić information content (AvgIpc) is 3.13. The van der Waals surface area contributed by atoms with Gasteiger partial charge >= 0.3 is 0 Å². The van der Waals surface area contributed by atoms with Gasteiger partial charge in [0.1, 0.15) is 0 Å². The molecule has 0 aromatic carbocycles. The van der Waals surface area contributed by atoms with Crippen molar-refractivity contribution in [3.05, 3.63) is 0 Å². The Hall–Kier alpha value is -0.730. The summed E-state index contributed by atoms with van der Waals surface area (Å²) >= 11 is 0. The normalized spacial score (nSPS) is 30.1. The van der Waals surface area contributed by atoms with E-state index < -0.39 is 0 Å². The number of likely N-dealkylation sites (tertiary alicyclic amines) is 1. The van der Waals surface area contributed by atoms with Gasteiger partial charge in [0.15, 0.2) is 5.96 Å². The number of nitrogens with one attached hydrogen (secondary N) is 1. The van der Waals surface area contributed by atoms with Crippen LogP contribution in [-0.4, -0.2) is 37.0 Å². The highest BCUT2D eigenvalue weighted by molar-refractivity contribution is 5.80. The van der Waals surface area contributed by atoms with E-state index in [0.29, 0.717) is 10.8 Å². The molecule has 3 heteroatoms. The largest absolute Gasteiger partial charge is 0.357 e. The Labute approximate surface area is 129 Å². The Morgan fingerprint density at radius 1 is 1.14 bits per heavy atom. The summed E-state index contributed by atoms with van der Waals surface area (Å²) in [4.78, 5) is 7.66. The van der Waals surface area contributed by atoms with E-state index in [2.05, 4.69) is 17.1 Å². The minimum atomic E-state index is 0.606. The predicted molar refractivity (Wildman–Crippen MR) is 87.5 cm³/mol. The standard InChI is InChI=1S/C18H31N3/c1-2-19-16(21-12-11-17(14-21)7-3-8-17)20-13-18(9-4-10-18)15-5-6-15/h15H,2-14H2,1H3,(H,19,20). The molecule has 118 valence electrons. The summed E-state index contributed by atoms with van der Waals surface area (Å²) < 4.78 is 0. The lowest BCUT2D eigenvalue weighted by Crippen LogP contribution is -2.44. The van der Waals surface area contributed by atoms with Gasteiger partial charge in [-0.15, -0.1) is 0 Å². The fraction of sp³-hybridized carbons (Fsp3) is 0.944. The van der Waals surface area contributed by atoms with Crippen molar-refractivity contribution in [3.8, 4) is 0 Å². The van der Waals surface area contributed by atoms with Gasteiger partial charge in [-0.3, -0.25) is 4.99 Å².